The second-order valence-corrected chi connectivity index (χ2v) is 5.30. The minimum absolute atomic E-state index is 0.0147. The molecule has 0 radical (unpaired) electrons. The first-order chi connectivity index (χ1) is 6.70. The van der Waals surface area contributed by atoms with Gasteiger partial charge in [-0.2, -0.15) is 0 Å². The van der Waals surface area contributed by atoms with Gasteiger partial charge in [0.25, 0.3) is 0 Å². The van der Waals surface area contributed by atoms with Crippen molar-refractivity contribution in [1.29, 1.82) is 0 Å². The van der Waals surface area contributed by atoms with Crippen molar-refractivity contribution >= 4 is 23.0 Å². The third-order valence-electron chi connectivity index (χ3n) is 1.12. The van der Waals surface area contributed by atoms with Crippen molar-refractivity contribution in [2.45, 2.75) is 38.7 Å². The standard InChI is InChI=1S/C9H17NO4S/c1-6(11)15-7(12)5-10-8(13)14-9(2,3)4/h7,12H,5H2,1-4H3,(H,10,13). The topological polar surface area (TPSA) is 75.6 Å². The van der Waals surface area contributed by atoms with E-state index in [1.165, 1.54) is 6.92 Å². The SMILES string of the molecule is CC(=O)SC(O)CNC(=O)OC(C)(C)C. The number of carbonyl (C=O) groups is 2. The van der Waals surface area contributed by atoms with Crippen LogP contribution in [-0.4, -0.2) is 33.9 Å². The lowest BCUT2D eigenvalue weighted by molar-refractivity contribution is -0.109. The fraction of sp³-hybridized carbons (Fsp3) is 0.778. The summed E-state index contributed by atoms with van der Waals surface area (Å²) in [5, 5.41) is 11.4. The van der Waals surface area contributed by atoms with E-state index in [-0.39, 0.29) is 11.7 Å². The molecule has 0 aliphatic heterocycles. The summed E-state index contributed by atoms with van der Waals surface area (Å²) in [4.78, 5) is 21.7. The molecule has 1 amide bonds. The molecule has 88 valence electrons. The van der Waals surface area contributed by atoms with E-state index in [1.54, 1.807) is 20.8 Å². The fourth-order valence-electron chi connectivity index (χ4n) is 0.718. The summed E-state index contributed by atoms with van der Waals surface area (Å²) >= 11 is 0.761. The maximum Gasteiger partial charge on any atom is 0.407 e. The lowest BCUT2D eigenvalue weighted by atomic mass is 10.2. The molecule has 0 bridgehead atoms. The summed E-state index contributed by atoms with van der Waals surface area (Å²) in [5.41, 5.74) is -1.50. The molecule has 0 saturated heterocycles. The number of rotatable bonds is 3. The Labute approximate surface area is 93.6 Å². The van der Waals surface area contributed by atoms with Crippen LogP contribution in [0.2, 0.25) is 0 Å². The first kappa shape index (κ1) is 14.2. The Morgan fingerprint density at radius 3 is 2.40 bits per heavy atom. The normalized spacial score (nSPS) is 13.1. The Balaban J connectivity index is 3.76. The van der Waals surface area contributed by atoms with E-state index in [9.17, 15) is 14.7 Å². The van der Waals surface area contributed by atoms with Gasteiger partial charge < -0.3 is 15.2 Å². The van der Waals surface area contributed by atoms with Gasteiger partial charge in [-0.25, -0.2) is 4.79 Å². The molecule has 0 heterocycles. The molecule has 0 rings (SSSR count). The molecule has 0 saturated carbocycles. The third-order valence-corrected chi connectivity index (χ3v) is 1.89. The molecule has 1 atom stereocenters. The second-order valence-electron chi connectivity index (χ2n) is 3.95. The Kier molecular flexibility index (Phi) is 5.67. The highest BCUT2D eigenvalue weighted by Crippen LogP contribution is 2.09. The third kappa shape index (κ3) is 9.55. The minimum Gasteiger partial charge on any atom is -0.444 e. The number of amides is 1. The zero-order chi connectivity index (χ0) is 12.1. The second kappa shape index (κ2) is 5.97. The highest BCUT2D eigenvalue weighted by molar-refractivity contribution is 8.13. The molecule has 0 aliphatic carbocycles. The molecule has 0 aromatic rings. The van der Waals surface area contributed by atoms with Crippen LogP contribution in [0.1, 0.15) is 27.7 Å². The lowest BCUT2D eigenvalue weighted by Crippen LogP contribution is -2.36. The van der Waals surface area contributed by atoms with Crippen LogP contribution >= 0.6 is 11.8 Å². The highest BCUT2D eigenvalue weighted by atomic mass is 32.2. The Morgan fingerprint density at radius 2 is 2.00 bits per heavy atom. The van der Waals surface area contributed by atoms with Gasteiger partial charge in [-0.05, 0) is 20.8 Å². The molecule has 5 nitrogen and oxygen atoms in total. The van der Waals surface area contributed by atoms with Crippen LogP contribution in [0.5, 0.6) is 0 Å². The average Bonchev–Trinajstić information content (AvgIpc) is 1.96. The van der Waals surface area contributed by atoms with Crippen molar-refractivity contribution in [1.82, 2.24) is 5.32 Å². The van der Waals surface area contributed by atoms with Crippen molar-refractivity contribution < 1.29 is 19.4 Å². The van der Waals surface area contributed by atoms with E-state index in [0.29, 0.717) is 0 Å². The quantitative estimate of drug-likeness (QED) is 0.717. The molecular formula is C9H17NO4S. The van der Waals surface area contributed by atoms with Crippen molar-refractivity contribution in [2.75, 3.05) is 6.54 Å². The van der Waals surface area contributed by atoms with Gasteiger partial charge >= 0.3 is 6.09 Å². The number of hydrogen-bond donors (Lipinski definition) is 2. The minimum atomic E-state index is -0.935. The first-order valence-corrected chi connectivity index (χ1v) is 5.41. The van der Waals surface area contributed by atoms with E-state index in [2.05, 4.69) is 5.32 Å². The largest absolute Gasteiger partial charge is 0.444 e. The van der Waals surface area contributed by atoms with Crippen LogP contribution in [-0.2, 0) is 9.53 Å². The fourth-order valence-corrected chi connectivity index (χ4v) is 1.27. The van der Waals surface area contributed by atoms with Gasteiger partial charge in [0.05, 0.1) is 6.54 Å². The van der Waals surface area contributed by atoms with Crippen molar-refractivity contribution in [3.8, 4) is 0 Å². The molecule has 1 unspecified atom stereocenters. The van der Waals surface area contributed by atoms with E-state index in [0.717, 1.165) is 11.8 Å². The van der Waals surface area contributed by atoms with Crippen LogP contribution in [0, 0.1) is 0 Å². The number of alkyl carbamates (subject to hydrolysis) is 1. The number of aliphatic hydroxyl groups is 1. The predicted octanol–water partition coefficient (Wildman–Crippen LogP) is 1.11. The van der Waals surface area contributed by atoms with Crippen molar-refractivity contribution in [3.05, 3.63) is 0 Å². The molecule has 15 heavy (non-hydrogen) atoms. The number of ether oxygens (including phenoxy) is 1. The molecule has 6 heteroatoms. The van der Waals surface area contributed by atoms with E-state index in [1.807, 2.05) is 0 Å². The van der Waals surface area contributed by atoms with Crippen LogP contribution in [0.3, 0.4) is 0 Å². The summed E-state index contributed by atoms with van der Waals surface area (Å²) in [7, 11) is 0. The van der Waals surface area contributed by atoms with Crippen molar-refractivity contribution in [2.24, 2.45) is 0 Å². The van der Waals surface area contributed by atoms with E-state index in [4.69, 9.17) is 4.74 Å². The van der Waals surface area contributed by atoms with E-state index >= 15 is 0 Å². The first-order valence-electron chi connectivity index (χ1n) is 4.53. The summed E-state index contributed by atoms with van der Waals surface area (Å²) in [6.07, 6.45) is -0.606. The number of hydrogen-bond acceptors (Lipinski definition) is 5. The van der Waals surface area contributed by atoms with Gasteiger partial charge in [0, 0.05) is 6.92 Å². The van der Waals surface area contributed by atoms with Gasteiger partial charge in [-0.15, -0.1) is 0 Å². The summed E-state index contributed by atoms with van der Waals surface area (Å²) in [5.74, 6) is 0. The molecule has 0 spiro atoms. The van der Waals surface area contributed by atoms with Gasteiger partial charge in [-0.1, -0.05) is 11.8 Å². The predicted molar refractivity (Wildman–Crippen MR) is 58.5 cm³/mol. The molecule has 2 N–H and O–H groups in total. The Bertz CT molecular complexity index is 237. The lowest BCUT2D eigenvalue weighted by Gasteiger charge is -2.20. The number of thioether (sulfide) groups is 1. The molecule has 0 fully saturated rings. The van der Waals surface area contributed by atoms with Crippen LogP contribution in [0.15, 0.2) is 0 Å². The number of aliphatic hydroxyl groups excluding tert-OH is 1. The average molecular weight is 235 g/mol. The van der Waals surface area contributed by atoms with Gasteiger partial charge in [0.1, 0.15) is 11.0 Å². The molecular weight excluding hydrogens is 218 g/mol. The summed E-state index contributed by atoms with van der Waals surface area (Å²) in [6.45, 7) is 6.56. The maximum atomic E-state index is 11.1. The number of carbonyl (C=O) groups excluding carboxylic acids is 2. The van der Waals surface area contributed by atoms with Crippen LogP contribution in [0.25, 0.3) is 0 Å². The van der Waals surface area contributed by atoms with Gasteiger partial charge in [0.15, 0.2) is 5.12 Å². The van der Waals surface area contributed by atoms with Crippen molar-refractivity contribution in [3.63, 3.8) is 0 Å². The number of nitrogens with one attached hydrogen (secondary N) is 1. The Hall–Kier alpha value is -0.750. The van der Waals surface area contributed by atoms with Crippen LogP contribution < -0.4 is 5.32 Å². The summed E-state index contributed by atoms with van der Waals surface area (Å²) < 4.78 is 4.94. The Morgan fingerprint density at radius 1 is 1.47 bits per heavy atom. The highest BCUT2D eigenvalue weighted by Gasteiger charge is 2.17. The van der Waals surface area contributed by atoms with Crippen LogP contribution in [0.4, 0.5) is 4.79 Å². The zero-order valence-electron chi connectivity index (χ0n) is 9.36. The zero-order valence-corrected chi connectivity index (χ0v) is 10.2. The van der Waals surface area contributed by atoms with Gasteiger partial charge in [0.2, 0.25) is 0 Å². The summed E-state index contributed by atoms with van der Waals surface area (Å²) in [6, 6.07) is 0. The van der Waals surface area contributed by atoms with E-state index < -0.39 is 17.1 Å². The monoisotopic (exact) mass is 235 g/mol. The molecule has 0 aromatic heterocycles. The molecule has 0 aliphatic rings. The molecule has 0 aromatic carbocycles. The smallest absolute Gasteiger partial charge is 0.407 e. The maximum absolute atomic E-state index is 11.1. The van der Waals surface area contributed by atoms with Gasteiger partial charge in [-0.3, -0.25) is 4.79 Å².